The first-order valence-corrected chi connectivity index (χ1v) is 4.11. The van der Waals surface area contributed by atoms with Crippen LogP contribution < -0.4 is 15.2 Å². The van der Waals surface area contributed by atoms with Crippen LogP contribution in [0, 0.1) is 0 Å². The molecule has 0 atom stereocenters. The van der Waals surface area contributed by atoms with Crippen LogP contribution in [0.5, 0.6) is 11.6 Å². The van der Waals surface area contributed by atoms with E-state index in [4.69, 9.17) is 26.2 Å². The molecule has 0 fully saturated rings. The van der Waals surface area contributed by atoms with Gasteiger partial charge in [-0.3, -0.25) is 0 Å². The molecule has 96 valence electrons. The standard InChI is InChI=1S/C7H10FN3O6/c1-16-4-3(2-10-5(9)11-4)17-7(14,15)6(8,12)13/h2,12-15H,1H3,(H2,9,10,11). The second-order valence-corrected chi connectivity index (χ2v) is 2.90. The van der Waals surface area contributed by atoms with Crippen molar-refractivity contribution >= 4 is 5.95 Å². The third-order valence-corrected chi connectivity index (χ3v) is 1.60. The van der Waals surface area contributed by atoms with Gasteiger partial charge in [-0.05, 0) is 0 Å². The number of nitrogen functional groups attached to an aromatic ring is 1. The number of alkyl halides is 1. The third-order valence-electron chi connectivity index (χ3n) is 1.60. The Morgan fingerprint density at radius 1 is 1.35 bits per heavy atom. The molecule has 0 radical (unpaired) electrons. The predicted octanol–water partition coefficient (Wildman–Crippen LogP) is -2.31. The van der Waals surface area contributed by atoms with Crippen molar-refractivity contribution in [2.24, 2.45) is 0 Å². The lowest BCUT2D eigenvalue weighted by atomic mass is 10.4. The number of aliphatic hydroxyl groups is 4. The average Bonchev–Trinajstić information content (AvgIpc) is 2.18. The summed E-state index contributed by atoms with van der Waals surface area (Å²) in [6, 6.07) is -4.42. The quantitative estimate of drug-likeness (QED) is 0.372. The Balaban J connectivity index is 3.03. The van der Waals surface area contributed by atoms with Gasteiger partial charge in [0.1, 0.15) is 0 Å². The zero-order valence-electron chi connectivity index (χ0n) is 8.53. The molecule has 0 bridgehead atoms. The van der Waals surface area contributed by atoms with E-state index in [2.05, 4.69) is 19.4 Å². The minimum Gasteiger partial charge on any atom is -0.478 e. The van der Waals surface area contributed by atoms with E-state index in [1.54, 1.807) is 0 Å². The van der Waals surface area contributed by atoms with Crippen molar-refractivity contribution < 1.29 is 34.3 Å². The van der Waals surface area contributed by atoms with Gasteiger partial charge >= 0.3 is 12.0 Å². The van der Waals surface area contributed by atoms with Crippen LogP contribution >= 0.6 is 0 Å². The van der Waals surface area contributed by atoms with Crippen LogP contribution in [0.3, 0.4) is 0 Å². The maximum Gasteiger partial charge on any atom is 0.414 e. The number of ether oxygens (including phenoxy) is 2. The van der Waals surface area contributed by atoms with Gasteiger partial charge in [0.2, 0.25) is 11.7 Å². The molecule has 0 aliphatic heterocycles. The van der Waals surface area contributed by atoms with Gasteiger partial charge in [0, 0.05) is 0 Å². The highest BCUT2D eigenvalue weighted by atomic mass is 19.2. The van der Waals surface area contributed by atoms with E-state index in [1.807, 2.05) is 0 Å². The molecule has 0 saturated heterocycles. The lowest BCUT2D eigenvalue weighted by Crippen LogP contribution is -2.55. The SMILES string of the molecule is COc1nc(N)ncc1OC(O)(O)C(O)(O)F. The largest absolute Gasteiger partial charge is 0.478 e. The van der Waals surface area contributed by atoms with Crippen molar-refractivity contribution in [3.63, 3.8) is 0 Å². The van der Waals surface area contributed by atoms with E-state index in [0.29, 0.717) is 0 Å². The summed E-state index contributed by atoms with van der Waals surface area (Å²) >= 11 is 0. The fourth-order valence-electron chi connectivity index (χ4n) is 0.802. The predicted molar refractivity (Wildman–Crippen MR) is 49.1 cm³/mol. The Kier molecular flexibility index (Phi) is 3.33. The number of halogens is 1. The van der Waals surface area contributed by atoms with Crippen molar-refractivity contribution in [2.75, 3.05) is 12.8 Å². The molecule has 0 amide bonds. The van der Waals surface area contributed by atoms with Crippen molar-refractivity contribution in [3.05, 3.63) is 6.20 Å². The van der Waals surface area contributed by atoms with Crippen molar-refractivity contribution in [1.29, 1.82) is 0 Å². The molecule has 1 rings (SSSR count). The van der Waals surface area contributed by atoms with Crippen LogP contribution in [0.1, 0.15) is 0 Å². The smallest absolute Gasteiger partial charge is 0.414 e. The van der Waals surface area contributed by atoms with E-state index in [9.17, 15) is 4.39 Å². The first-order valence-electron chi connectivity index (χ1n) is 4.11. The molecule has 0 saturated carbocycles. The topological polar surface area (TPSA) is 151 Å². The number of methoxy groups -OCH3 is 1. The molecule has 17 heavy (non-hydrogen) atoms. The highest BCUT2D eigenvalue weighted by Crippen LogP contribution is 2.29. The van der Waals surface area contributed by atoms with E-state index in [0.717, 1.165) is 13.3 Å². The van der Waals surface area contributed by atoms with Crippen LogP contribution in [0.4, 0.5) is 10.3 Å². The molecule has 0 spiro atoms. The minimum absolute atomic E-state index is 0.213. The number of aromatic nitrogens is 2. The van der Waals surface area contributed by atoms with E-state index >= 15 is 0 Å². The molecule has 6 N–H and O–H groups in total. The van der Waals surface area contributed by atoms with Gasteiger partial charge < -0.3 is 35.6 Å². The van der Waals surface area contributed by atoms with E-state index < -0.39 is 17.8 Å². The van der Waals surface area contributed by atoms with E-state index in [-0.39, 0.29) is 11.8 Å². The van der Waals surface area contributed by atoms with Gasteiger partial charge in [0.25, 0.3) is 5.88 Å². The molecule has 0 aromatic carbocycles. The normalized spacial score (nSPS) is 12.4. The van der Waals surface area contributed by atoms with Crippen molar-refractivity contribution in [2.45, 2.75) is 12.0 Å². The Morgan fingerprint density at radius 3 is 2.41 bits per heavy atom. The molecule has 1 aromatic heterocycles. The van der Waals surface area contributed by atoms with Crippen LogP contribution in [-0.4, -0.2) is 49.5 Å². The second kappa shape index (κ2) is 4.25. The van der Waals surface area contributed by atoms with Gasteiger partial charge in [-0.1, -0.05) is 0 Å². The van der Waals surface area contributed by atoms with Crippen LogP contribution in [-0.2, 0) is 0 Å². The Hall–Kier alpha value is -1.75. The molecule has 10 heteroatoms. The highest BCUT2D eigenvalue weighted by Gasteiger charge is 2.52. The highest BCUT2D eigenvalue weighted by molar-refractivity contribution is 5.35. The summed E-state index contributed by atoms with van der Waals surface area (Å²) in [4.78, 5) is 6.88. The fourth-order valence-corrected chi connectivity index (χ4v) is 0.802. The summed E-state index contributed by atoms with van der Waals surface area (Å²) in [5.41, 5.74) is 5.20. The number of rotatable bonds is 4. The molecular formula is C7H10FN3O6. The number of nitrogens with two attached hydrogens (primary N) is 1. The number of hydrogen-bond donors (Lipinski definition) is 5. The first-order chi connectivity index (χ1) is 7.67. The lowest BCUT2D eigenvalue weighted by molar-refractivity contribution is -0.477. The Morgan fingerprint density at radius 2 is 1.94 bits per heavy atom. The summed E-state index contributed by atoms with van der Waals surface area (Å²) in [7, 11) is 1.14. The summed E-state index contributed by atoms with van der Waals surface area (Å²) in [5.74, 6) is -5.05. The van der Waals surface area contributed by atoms with Crippen molar-refractivity contribution in [1.82, 2.24) is 9.97 Å². The lowest BCUT2D eigenvalue weighted by Gasteiger charge is -2.27. The molecule has 0 unspecified atom stereocenters. The summed E-state index contributed by atoms with van der Waals surface area (Å²) in [6.45, 7) is 0. The van der Waals surface area contributed by atoms with Gasteiger partial charge in [-0.2, -0.15) is 9.37 Å². The van der Waals surface area contributed by atoms with Crippen LogP contribution in [0.2, 0.25) is 0 Å². The Labute approximate surface area is 93.9 Å². The molecular weight excluding hydrogens is 241 g/mol. The minimum atomic E-state index is -4.42. The van der Waals surface area contributed by atoms with Gasteiger partial charge in [0.05, 0.1) is 13.3 Å². The molecule has 9 nitrogen and oxygen atoms in total. The zero-order chi connectivity index (χ0) is 13.3. The Bertz CT molecular complexity index is 407. The molecule has 0 aliphatic carbocycles. The maximum absolute atomic E-state index is 12.5. The van der Waals surface area contributed by atoms with Crippen LogP contribution in [0.25, 0.3) is 0 Å². The third kappa shape index (κ3) is 2.88. The van der Waals surface area contributed by atoms with E-state index in [1.165, 1.54) is 0 Å². The monoisotopic (exact) mass is 251 g/mol. The average molecular weight is 251 g/mol. The van der Waals surface area contributed by atoms with Gasteiger partial charge in [0.15, 0.2) is 0 Å². The fraction of sp³-hybridized carbons (Fsp3) is 0.429. The summed E-state index contributed by atoms with van der Waals surface area (Å²) < 4.78 is 21.3. The molecule has 1 aromatic rings. The second-order valence-electron chi connectivity index (χ2n) is 2.90. The number of hydrogen-bond acceptors (Lipinski definition) is 9. The molecule has 1 heterocycles. The zero-order valence-corrected chi connectivity index (χ0v) is 8.53. The van der Waals surface area contributed by atoms with Crippen molar-refractivity contribution in [3.8, 4) is 11.6 Å². The number of anilines is 1. The summed E-state index contributed by atoms with van der Waals surface area (Å²) in [5, 5.41) is 34.6. The van der Waals surface area contributed by atoms with Gasteiger partial charge in [-0.25, -0.2) is 4.98 Å². The number of nitrogens with zero attached hydrogens (tertiary/aromatic N) is 2. The van der Waals surface area contributed by atoms with Gasteiger partial charge in [-0.15, -0.1) is 0 Å². The summed E-state index contributed by atoms with van der Waals surface area (Å²) in [6.07, 6.45) is 0.827. The maximum atomic E-state index is 12.5. The first kappa shape index (κ1) is 13.3. The molecule has 0 aliphatic rings. The van der Waals surface area contributed by atoms with Crippen LogP contribution in [0.15, 0.2) is 6.20 Å².